The van der Waals surface area contributed by atoms with Crippen molar-refractivity contribution >= 4 is 11.3 Å². The van der Waals surface area contributed by atoms with Crippen molar-refractivity contribution in [2.75, 3.05) is 6.54 Å². The quantitative estimate of drug-likeness (QED) is 0.620. The van der Waals surface area contributed by atoms with Crippen molar-refractivity contribution in [3.63, 3.8) is 0 Å². The average molecular weight is 192 g/mol. The zero-order valence-corrected chi connectivity index (χ0v) is 9.06. The maximum atomic E-state index is 10.8. The van der Waals surface area contributed by atoms with E-state index in [1.165, 1.54) is 4.31 Å². The molecule has 74 valence electrons. The molecule has 0 aromatic carbocycles. The molecular formula is C8H18NO2S-. The van der Waals surface area contributed by atoms with Gasteiger partial charge in [0.25, 0.3) is 0 Å². The minimum Gasteiger partial charge on any atom is -0.760 e. The third-order valence-corrected chi connectivity index (χ3v) is 2.71. The number of hydrogen-bond donors (Lipinski definition) is 0. The summed E-state index contributed by atoms with van der Waals surface area (Å²) >= 11 is -2.07. The summed E-state index contributed by atoms with van der Waals surface area (Å²) in [6.45, 7) is 8.57. The Morgan fingerprint density at radius 2 is 1.92 bits per heavy atom. The second kappa shape index (κ2) is 5.67. The SMILES string of the molecule is CCC(C)N(CC(C)C)S(=O)[O-]. The molecule has 0 saturated carbocycles. The Labute approximate surface area is 77.6 Å². The summed E-state index contributed by atoms with van der Waals surface area (Å²) in [6, 6.07) is 0.116. The minimum absolute atomic E-state index is 0.116. The van der Waals surface area contributed by atoms with Crippen LogP contribution in [-0.4, -0.2) is 25.7 Å². The van der Waals surface area contributed by atoms with Crippen LogP contribution in [0.2, 0.25) is 0 Å². The van der Waals surface area contributed by atoms with Gasteiger partial charge in [0.05, 0.1) is 0 Å². The first kappa shape index (κ1) is 12.1. The molecule has 2 unspecified atom stereocenters. The van der Waals surface area contributed by atoms with Gasteiger partial charge in [-0.05, 0) is 19.3 Å². The van der Waals surface area contributed by atoms with E-state index < -0.39 is 11.3 Å². The van der Waals surface area contributed by atoms with Gasteiger partial charge in [-0.3, -0.25) is 4.21 Å². The maximum Gasteiger partial charge on any atom is 0.0211 e. The predicted octanol–water partition coefficient (Wildman–Crippen LogP) is 1.54. The van der Waals surface area contributed by atoms with Gasteiger partial charge in [0.15, 0.2) is 0 Å². The van der Waals surface area contributed by atoms with E-state index in [9.17, 15) is 8.76 Å². The summed E-state index contributed by atoms with van der Waals surface area (Å²) in [5, 5.41) is 0. The van der Waals surface area contributed by atoms with Gasteiger partial charge in [0, 0.05) is 23.9 Å². The van der Waals surface area contributed by atoms with Crippen LogP contribution < -0.4 is 0 Å². The van der Waals surface area contributed by atoms with Gasteiger partial charge in [-0.1, -0.05) is 20.8 Å². The molecule has 12 heavy (non-hydrogen) atoms. The predicted molar refractivity (Wildman–Crippen MR) is 50.2 cm³/mol. The fourth-order valence-corrected chi connectivity index (χ4v) is 1.81. The zero-order valence-electron chi connectivity index (χ0n) is 8.24. The number of hydrogen-bond acceptors (Lipinski definition) is 2. The second-order valence-corrected chi connectivity index (χ2v) is 4.37. The molecule has 0 aromatic rings. The Balaban J connectivity index is 4.13. The van der Waals surface area contributed by atoms with Crippen LogP contribution in [0.3, 0.4) is 0 Å². The lowest BCUT2D eigenvalue weighted by Gasteiger charge is -2.31. The molecule has 4 heteroatoms. The van der Waals surface area contributed by atoms with Crippen LogP contribution >= 0.6 is 0 Å². The van der Waals surface area contributed by atoms with E-state index in [-0.39, 0.29) is 6.04 Å². The van der Waals surface area contributed by atoms with Gasteiger partial charge in [-0.25, -0.2) is 4.31 Å². The van der Waals surface area contributed by atoms with Crippen molar-refractivity contribution in [2.24, 2.45) is 5.92 Å². The molecule has 0 radical (unpaired) electrons. The second-order valence-electron chi connectivity index (χ2n) is 3.47. The molecule has 0 saturated heterocycles. The fraction of sp³-hybridized carbons (Fsp3) is 1.00. The Morgan fingerprint density at radius 3 is 2.17 bits per heavy atom. The largest absolute Gasteiger partial charge is 0.760 e. The Hall–Kier alpha value is 0.0700. The lowest BCUT2D eigenvalue weighted by molar-refractivity contribution is 0.288. The van der Waals surface area contributed by atoms with Crippen molar-refractivity contribution in [1.82, 2.24) is 4.31 Å². The third kappa shape index (κ3) is 4.18. The molecule has 0 N–H and O–H groups in total. The molecular weight excluding hydrogens is 174 g/mol. The summed E-state index contributed by atoms with van der Waals surface area (Å²) in [6.07, 6.45) is 0.862. The molecule has 0 fully saturated rings. The van der Waals surface area contributed by atoms with Crippen LogP contribution in [0.15, 0.2) is 0 Å². The highest BCUT2D eigenvalue weighted by atomic mass is 32.2. The van der Waals surface area contributed by atoms with Crippen molar-refractivity contribution in [3.8, 4) is 0 Å². The molecule has 0 amide bonds. The highest BCUT2D eigenvalue weighted by molar-refractivity contribution is 7.76. The van der Waals surface area contributed by atoms with E-state index in [1.54, 1.807) is 0 Å². The van der Waals surface area contributed by atoms with Crippen molar-refractivity contribution in [2.45, 2.75) is 40.2 Å². The van der Waals surface area contributed by atoms with Crippen LogP contribution in [-0.2, 0) is 11.3 Å². The van der Waals surface area contributed by atoms with Gasteiger partial charge in [0.1, 0.15) is 0 Å². The van der Waals surface area contributed by atoms with Crippen LogP contribution in [0.5, 0.6) is 0 Å². The van der Waals surface area contributed by atoms with E-state index in [4.69, 9.17) is 0 Å². The van der Waals surface area contributed by atoms with Crippen molar-refractivity contribution in [1.29, 1.82) is 0 Å². The summed E-state index contributed by atoms with van der Waals surface area (Å²) in [5.74, 6) is 0.386. The standard InChI is InChI=1S/C8H19NO2S/c1-5-8(4)9(12(10)11)6-7(2)3/h7-8H,5-6H2,1-4H3,(H,10,11)/p-1. The van der Waals surface area contributed by atoms with Gasteiger partial charge in [0.2, 0.25) is 0 Å². The molecule has 0 bridgehead atoms. The summed E-state index contributed by atoms with van der Waals surface area (Å²) in [7, 11) is 0. The molecule has 0 aromatic heterocycles. The molecule has 0 aliphatic heterocycles. The molecule has 2 atom stereocenters. The van der Waals surface area contributed by atoms with Crippen LogP contribution in [0.25, 0.3) is 0 Å². The molecule has 3 nitrogen and oxygen atoms in total. The van der Waals surface area contributed by atoms with E-state index in [1.807, 2.05) is 27.7 Å². The first-order valence-corrected chi connectivity index (χ1v) is 5.38. The van der Waals surface area contributed by atoms with Crippen LogP contribution in [0.4, 0.5) is 0 Å². The zero-order chi connectivity index (χ0) is 9.72. The monoisotopic (exact) mass is 192 g/mol. The summed E-state index contributed by atoms with van der Waals surface area (Å²) < 4.78 is 23.0. The van der Waals surface area contributed by atoms with Gasteiger partial charge in [-0.2, -0.15) is 0 Å². The smallest absolute Gasteiger partial charge is 0.0211 e. The summed E-state index contributed by atoms with van der Waals surface area (Å²) in [4.78, 5) is 0. The van der Waals surface area contributed by atoms with Crippen LogP contribution in [0.1, 0.15) is 34.1 Å². The first-order chi connectivity index (χ1) is 5.49. The minimum atomic E-state index is -2.07. The Morgan fingerprint density at radius 1 is 1.42 bits per heavy atom. The van der Waals surface area contributed by atoms with E-state index >= 15 is 0 Å². The third-order valence-electron chi connectivity index (χ3n) is 1.82. The fourth-order valence-electron chi connectivity index (χ4n) is 0.951. The highest BCUT2D eigenvalue weighted by Crippen LogP contribution is 2.08. The van der Waals surface area contributed by atoms with Gasteiger partial charge in [-0.15, -0.1) is 0 Å². The highest BCUT2D eigenvalue weighted by Gasteiger charge is 2.13. The number of rotatable bonds is 5. The van der Waals surface area contributed by atoms with Gasteiger partial charge >= 0.3 is 0 Å². The molecule has 0 spiro atoms. The van der Waals surface area contributed by atoms with Gasteiger partial charge < -0.3 is 4.55 Å². The van der Waals surface area contributed by atoms with E-state index in [0.29, 0.717) is 12.5 Å². The first-order valence-electron chi connectivity index (χ1n) is 4.35. The normalized spacial score (nSPS) is 16.9. The van der Waals surface area contributed by atoms with Crippen LogP contribution in [0, 0.1) is 5.92 Å². The number of nitrogens with zero attached hydrogens (tertiary/aromatic N) is 1. The Kier molecular flexibility index (Phi) is 5.70. The lowest BCUT2D eigenvalue weighted by Crippen LogP contribution is -2.36. The molecule has 0 heterocycles. The average Bonchev–Trinajstić information content (AvgIpc) is 1.98. The molecule has 0 aliphatic rings. The van der Waals surface area contributed by atoms with E-state index in [2.05, 4.69) is 0 Å². The molecule has 0 rings (SSSR count). The van der Waals surface area contributed by atoms with Crippen molar-refractivity contribution < 1.29 is 8.76 Å². The maximum absolute atomic E-state index is 10.8. The topological polar surface area (TPSA) is 43.4 Å². The summed E-state index contributed by atoms with van der Waals surface area (Å²) in [5.41, 5.74) is 0. The van der Waals surface area contributed by atoms with Crippen molar-refractivity contribution in [3.05, 3.63) is 0 Å². The lowest BCUT2D eigenvalue weighted by atomic mass is 10.2. The molecule has 0 aliphatic carbocycles. The Bertz CT molecular complexity index is 150. The van der Waals surface area contributed by atoms with E-state index in [0.717, 1.165) is 6.42 Å².